The Morgan fingerprint density at radius 1 is 1.21 bits per heavy atom. The van der Waals surface area contributed by atoms with Gasteiger partial charge in [0.05, 0.1) is 30.7 Å². The molecule has 0 radical (unpaired) electrons. The molecule has 5 aliphatic rings. The zero-order valence-corrected chi connectivity index (χ0v) is 20.0. The second-order valence-electron chi connectivity index (χ2n) is 9.42. The van der Waals surface area contributed by atoms with Gasteiger partial charge in [-0.25, -0.2) is 0 Å². The zero-order valence-electron chi connectivity index (χ0n) is 18.4. The normalized spacial score (nSPS) is 39.3. The van der Waals surface area contributed by atoms with Crippen molar-refractivity contribution in [1.29, 1.82) is 5.26 Å². The number of morpholine rings is 1. The number of hydrogen-bond acceptors (Lipinski definition) is 8. The third-order valence-corrected chi connectivity index (χ3v) is 11.9. The van der Waals surface area contributed by atoms with Gasteiger partial charge in [-0.15, -0.1) is 0 Å². The molecule has 4 fully saturated rings. The minimum Gasteiger partial charge on any atom is -0.454 e. The summed E-state index contributed by atoms with van der Waals surface area (Å²) in [5, 5.41) is 10.7. The number of likely N-dealkylation sites (N-methyl/N-ethyl adjacent to an activating group) is 1. The maximum atomic E-state index is 13.9. The average Bonchev–Trinajstić information content (AvgIpc) is 3.49. The molecule has 5 atom stereocenters. The lowest BCUT2D eigenvalue weighted by atomic mass is 9.76. The molecule has 33 heavy (non-hydrogen) atoms. The summed E-state index contributed by atoms with van der Waals surface area (Å²) in [6.07, 6.45) is 0.226. The fourth-order valence-corrected chi connectivity index (χ4v) is 9.58. The Morgan fingerprint density at radius 3 is 2.67 bits per heavy atom. The second kappa shape index (κ2) is 6.88. The number of amides is 2. The van der Waals surface area contributed by atoms with Gasteiger partial charge < -0.3 is 24.0 Å². The van der Waals surface area contributed by atoms with Crippen LogP contribution in [0, 0.1) is 16.7 Å². The van der Waals surface area contributed by atoms with Crippen molar-refractivity contribution in [3.05, 3.63) is 23.8 Å². The summed E-state index contributed by atoms with van der Waals surface area (Å²) < 4.78 is 16.6. The van der Waals surface area contributed by atoms with Crippen molar-refractivity contribution in [1.82, 2.24) is 14.7 Å². The topological polar surface area (TPSA) is 95.3 Å². The largest absolute Gasteiger partial charge is 0.454 e. The smallest absolute Gasteiger partial charge is 0.261 e. The maximum absolute atomic E-state index is 13.9. The number of nitrogens with zero attached hydrogens (tertiary/aromatic N) is 4. The number of benzene rings is 1. The van der Waals surface area contributed by atoms with E-state index in [1.807, 2.05) is 18.2 Å². The van der Waals surface area contributed by atoms with Gasteiger partial charge in [-0.05, 0) is 35.8 Å². The summed E-state index contributed by atoms with van der Waals surface area (Å²) in [6.45, 7) is 4.90. The van der Waals surface area contributed by atoms with Crippen molar-refractivity contribution in [3.8, 4) is 17.6 Å². The molecule has 0 aromatic heterocycles. The van der Waals surface area contributed by atoms with Crippen molar-refractivity contribution in [3.63, 3.8) is 0 Å². The van der Waals surface area contributed by atoms with E-state index >= 15 is 0 Å². The van der Waals surface area contributed by atoms with Crippen LogP contribution < -0.4 is 9.47 Å². The van der Waals surface area contributed by atoms with Gasteiger partial charge in [0.2, 0.25) is 6.79 Å². The van der Waals surface area contributed by atoms with Crippen molar-refractivity contribution < 1.29 is 23.8 Å². The van der Waals surface area contributed by atoms with Gasteiger partial charge >= 0.3 is 0 Å². The van der Waals surface area contributed by atoms with Gasteiger partial charge in [0.15, 0.2) is 21.2 Å². The first kappa shape index (κ1) is 21.3. The molecular formula is C22H24N4O5S2. The Bertz CT molecular complexity index is 1150. The summed E-state index contributed by atoms with van der Waals surface area (Å²) in [5.41, 5.74) is -0.245. The van der Waals surface area contributed by atoms with E-state index in [0.29, 0.717) is 44.3 Å². The van der Waals surface area contributed by atoms with Crippen molar-refractivity contribution in [2.75, 3.05) is 46.7 Å². The molecule has 9 nitrogen and oxygen atoms in total. The monoisotopic (exact) mass is 488 g/mol. The lowest BCUT2D eigenvalue weighted by Crippen LogP contribution is -2.61. The highest BCUT2D eigenvalue weighted by atomic mass is 32.8. The maximum Gasteiger partial charge on any atom is 0.261 e. The van der Waals surface area contributed by atoms with E-state index in [0.717, 1.165) is 5.56 Å². The average molecular weight is 489 g/mol. The Balaban J connectivity index is 1.53. The van der Waals surface area contributed by atoms with Crippen LogP contribution in [0.1, 0.15) is 24.9 Å². The van der Waals surface area contributed by atoms with Crippen molar-refractivity contribution >= 4 is 32.5 Å². The van der Waals surface area contributed by atoms with Gasteiger partial charge in [-0.3, -0.25) is 14.5 Å². The summed E-state index contributed by atoms with van der Waals surface area (Å²) in [4.78, 5) is 30.7. The molecule has 0 saturated carbocycles. The number of piperazine rings is 1. The second-order valence-corrected chi connectivity index (χ2v) is 12.4. The van der Waals surface area contributed by atoms with Crippen LogP contribution in [0.3, 0.4) is 0 Å². The van der Waals surface area contributed by atoms with E-state index in [1.54, 1.807) is 18.9 Å². The molecular weight excluding hydrogens is 464 g/mol. The zero-order chi connectivity index (χ0) is 23.2. The van der Waals surface area contributed by atoms with Crippen LogP contribution in [0.25, 0.3) is 0 Å². The molecule has 0 N–H and O–H groups in total. The van der Waals surface area contributed by atoms with Crippen LogP contribution in [0.15, 0.2) is 18.2 Å². The van der Waals surface area contributed by atoms with E-state index in [-0.39, 0.29) is 25.0 Å². The summed E-state index contributed by atoms with van der Waals surface area (Å²) in [6, 6.07) is 7.48. The number of hydrogen-bond donors (Lipinski definition) is 0. The molecule has 2 amide bonds. The number of ether oxygens (including phenoxy) is 3. The van der Waals surface area contributed by atoms with E-state index in [9.17, 15) is 14.9 Å². The first-order valence-corrected chi connectivity index (χ1v) is 13.1. The van der Waals surface area contributed by atoms with Gasteiger partial charge in [0.25, 0.3) is 11.8 Å². The van der Waals surface area contributed by atoms with Crippen LogP contribution in [0.5, 0.6) is 11.5 Å². The highest BCUT2D eigenvalue weighted by Crippen LogP contribution is 2.65. The molecule has 6 rings (SSSR count). The number of rotatable bonds is 3. The molecule has 5 aliphatic heterocycles. The number of carbonyl (C=O) groups excluding carboxylic acids is 2. The first-order chi connectivity index (χ1) is 15.8. The molecule has 174 valence electrons. The predicted molar refractivity (Wildman–Crippen MR) is 121 cm³/mol. The van der Waals surface area contributed by atoms with Crippen molar-refractivity contribution in [2.45, 2.75) is 29.1 Å². The number of carbonyl (C=O) groups is 2. The van der Waals surface area contributed by atoms with Crippen LogP contribution in [0.4, 0.5) is 0 Å². The van der Waals surface area contributed by atoms with Gasteiger partial charge in [0.1, 0.15) is 0 Å². The minimum atomic E-state index is -1.18. The number of nitriles is 1. The fourth-order valence-electron chi connectivity index (χ4n) is 6.10. The van der Waals surface area contributed by atoms with Crippen molar-refractivity contribution in [2.24, 2.45) is 5.41 Å². The third-order valence-electron chi connectivity index (χ3n) is 7.83. The highest BCUT2D eigenvalue weighted by Gasteiger charge is 2.81. The van der Waals surface area contributed by atoms with Crippen LogP contribution >= 0.6 is 0 Å². The Hall–Kier alpha value is -2.26. The van der Waals surface area contributed by atoms with E-state index < -0.39 is 30.7 Å². The SMILES string of the molecule is CN1C(=O)[C@@]23C[C@@](C#N)(CN4CCOCC4)C(c4ccc5c(c4)OCO5)N2C(=O)[C@]1(C)S3=S. The Morgan fingerprint density at radius 2 is 1.94 bits per heavy atom. The Labute approximate surface area is 198 Å². The standard InChI is InChI=1S/C22H24N4O5S2/c1-20-18(27)26-17(14-3-4-15-16(9-14)31-13-30-15)21(11-23,12-25-5-7-29-8-6-25)10-22(26,33(20)32)19(28)24(20)2/h3-4,9,17H,5-8,10,12-13H2,1-2H3/t17?,20-,21+,22-,33?/m0/s1. The summed E-state index contributed by atoms with van der Waals surface area (Å²) >= 11 is 5.94. The lowest BCUT2D eigenvalue weighted by Gasteiger charge is -2.41. The molecule has 2 bridgehead atoms. The summed E-state index contributed by atoms with van der Waals surface area (Å²) in [5.74, 6) is 0.871. The van der Waals surface area contributed by atoms with E-state index in [4.69, 9.17) is 25.4 Å². The van der Waals surface area contributed by atoms with E-state index in [1.165, 1.54) is 4.90 Å². The lowest BCUT2D eigenvalue weighted by molar-refractivity contribution is -0.159. The van der Waals surface area contributed by atoms with E-state index in [2.05, 4.69) is 11.0 Å². The van der Waals surface area contributed by atoms with Gasteiger partial charge in [-0.1, -0.05) is 15.5 Å². The molecule has 1 aromatic rings. The molecule has 0 aliphatic carbocycles. The molecule has 5 heterocycles. The Kier molecular flexibility index (Phi) is 4.44. The highest BCUT2D eigenvalue weighted by molar-refractivity contribution is 8.31. The molecule has 11 heteroatoms. The van der Waals surface area contributed by atoms with Crippen LogP contribution in [-0.2, 0) is 35.0 Å². The summed E-state index contributed by atoms with van der Waals surface area (Å²) in [7, 11) is 0.659. The molecule has 1 aromatic carbocycles. The first-order valence-electron chi connectivity index (χ1n) is 10.9. The van der Waals surface area contributed by atoms with Gasteiger partial charge in [-0.2, -0.15) is 5.26 Å². The molecule has 2 unspecified atom stereocenters. The van der Waals surface area contributed by atoms with Crippen LogP contribution in [-0.4, -0.2) is 82.9 Å². The fraction of sp³-hybridized carbons (Fsp3) is 0.591. The van der Waals surface area contributed by atoms with Gasteiger partial charge in [0, 0.05) is 33.1 Å². The molecule has 1 spiro atoms. The minimum absolute atomic E-state index is 0.129. The third kappa shape index (κ3) is 2.45. The predicted octanol–water partition coefficient (Wildman–Crippen LogP) is 0.509. The quantitative estimate of drug-likeness (QED) is 0.608. The molecule has 4 saturated heterocycles. The number of fused-ring (bicyclic) bond motifs is 2. The van der Waals surface area contributed by atoms with Crippen LogP contribution in [0.2, 0.25) is 0 Å².